The Balaban J connectivity index is 0.845. The minimum absolute atomic E-state index is 0.248. The molecule has 0 N–H and O–H groups in total. The molecule has 12 aromatic carbocycles. The van der Waals surface area contributed by atoms with E-state index in [4.69, 9.17) is 29.9 Å². The number of nitrogens with zero attached hydrogens (tertiary/aromatic N) is 8. The summed E-state index contributed by atoms with van der Waals surface area (Å²) in [6.07, 6.45) is 0. The first kappa shape index (κ1) is 51.5. The summed E-state index contributed by atoms with van der Waals surface area (Å²) in [5.74, 6) is 3.45. The number of fused-ring (bicyclic) bond motifs is 13. The van der Waals surface area contributed by atoms with Crippen LogP contribution in [0.25, 0.3) is 134 Å². The molecule has 0 saturated heterocycles. The fourth-order valence-corrected chi connectivity index (χ4v) is 14.9. The first-order chi connectivity index (χ1) is 44.4. The molecule has 0 atom stereocenters. The molecule has 0 unspecified atom stereocenters. The van der Waals surface area contributed by atoms with Gasteiger partial charge in [-0.15, -0.1) is 0 Å². The second-order valence-corrected chi connectivity index (χ2v) is 24.1. The summed E-state index contributed by atoms with van der Waals surface area (Å²) in [6.45, 7) is 4.67. The summed E-state index contributed by atoms with van der Waals surface area (Å²) >= 11 is 0. The minimum atomic E-state index is -0.600. The Morgan fingerprint density at radius 3 is 1.34 bits per heavy atom. The molecule has 8 heteroatoms. The van der Waals surface area contributed by atoms with Gasteiger partial charge in [-0.3, -0.25) is 9.13 Å². The van der Waals surface area contributed by atoms with Crippen LogP contribution in [0.5, 0.6) is 0 Å². The van der Waals surface area contributed by atoms with Gasteiger partial charge in [0.15, 0.2) is 23.3 Å². The normalized spacial score (nSPS) is 13.4. The van der Waals surface area contributed by atoms with Crippen LogP contribution >= 0.6 is 0 Å². The Labute approximate surface area is 519 Å². The number of hydrogen-bond acceptors (Lipinski definition) is 6. The van der Waals surface area contributed by atoms with Gasteiger partial charge in [-0.25, -0.2) is 9.97 Å². The summed E-state index contributed by atoms with van der Waals surface area (Å²) in [5.41, 5.74) is 21.2. The van der Waals surface area contributed by atoms with E-state index in [1.165, 1.54) is 50.1 Å². The van der Waals surface area contributed by atoms with Crippen molar-refractivity contribution in [2.45, 2.75) is 24.7 Å². The Kier molecular flexibility index (Phi) is 11.4. The van der Waals surface area contributed by atoms with Gasteiger partial charge in [0.2, 0.25) is 11.9 Å². The maximum absolute atomic E-state index is 5.58. The molecule has 0 saturated carbocycles. The van der Waals surface area contributed by atoms with Crippen LogP contribution in [0, 0.1) is 0 Å². The highest BCUT2D eigenvalue weighted by Crippen LogP contribution is 2.59. The third kappa shape index (κ3) is 7.61. The summed E-state index contributed by atoms with van der Waals surface area (Å²) in [5, 5.41) is 4.46. The summed E-state index contributed by atoms with van der Waals surface area (Å²) < 4.78 is 4.55. The number of rotatable bonds is 9. The van der Waals surface area contributed by atoms with Gasteiger partial charge >= 0.3 is 0 Å². The standard InChI is InChI=1S/C82H54N8/c1-81(2)65-39-21-18-35-59(65)63-49-64-71(50-68(63)81)89(79-85-75(52-25-8-3-9-26-52)83-76(86-79)53-27-10-4-11-28-53)70-42-24-38-58(72(64)70)51-43-45-55(46-44-51)78-84-77(54-29-12-5-13-30-54)87-80(88-78)90-69-41-23-20-36-60(69)61-47-48-67-73(74(61)90)62-37-19-22-40-66(62)82(67,56-31-14-6-15-32-56)57-33-16-7-17-34-57/h3-50H,1-2H3. The van der Waals surface area contributed by atoms with Crippen molar-refractivity contribution < 1.29 is 0 Å². The molecule has 2 aliphatic rings. The van der Waals surface area contributed by atoms with Crippen molar-refractivity contribution in [3.05, 3.63) is 325 Å². The monoisotopic (exact) mass is 1150 g/mol. The van der Waals surface area contributed by atoms with Gasteiger partial charge in [-0.2, -0.15) is 19.9 Å². The minimum Gasteiger partial charge on any atom is -0.278 e. The topological polar surface area (TPSA) is 87.2 Å². The maximum Gasteiger partial charge on any atom is 0.238 e. The predicted molar refractivity (Wildman–Crippen MR) is 364 cm³/mol. The van der Waals surface area contributed by atoms with Gasteiger partial charge in [-0.05, 0) is 85.5 Å². The van der Waals surface area contributed by atoms with Crippen molar-refractivity contribution in [3.63, 3.8) is 0 Å². The summed E-state index contributed by atoms with van der Waals surface area (Å²) in [7, 11) is 0. The van der Waals surface area contributed by atoms with E-state index in [0.717, 1.165) is 82.6 Å². The lowest BCUT2D eigenvalue weighted by atomic mass is 9.67. The second-order valence-electron chi connectivity index (χ2n) is 24.1. The summed E-state index contributed by atoms with van der Waals surface area (Å²) in [6, 6.07) is 104. The summed E-state index contributed by atoms with van der Waals surface area (Å²) in [4.78, 5) is 32.2. The van der Waals surface area contributed by atoms with Crippen molar-refractivity contribution in [2.75, 3.05) is 0 Å². The van der Waals surface area contributed by atoms with E-state index in [1.54, 1.807) is 0 Å². The van der Waals surface area contributed by atoms with E-state index in [1.807, 2.05) is 54.6 Å². The maximum atomic E-state index is 5.58. The van der Waals surface area contributed by atoms with Gasteiger partial charge in [0.05, 0.1) is 27.5 Å². The Bertz CT molecular complexity index is 5450. The van der Waals surface area contributed by atoms with Crippen LogP contribution in [0.3, 0.4) is 0 Å². The van der Waals surface area contributed by atoms with Gasteiger partial charge < -0.3 is 0 Å². The smallest absolute Gasteiger partial charge is 0.238 e. The van der Waals surface area contributed by atoms with E-state index in [0.29, 0.717) is 35.2 Å². The molecular formula is C82H54N8. The Morgan fingerprint density at radius 2 is 0.744 bits per heavy atom. The molecule has 0 spiro atoms. The number of benzene rings is 12. The Hall–Kier alpha value is -11.7. The van der Waals surface area contributed by atoms with Crippen LogP contribution in [-0.4, -0.2) is 39.0 Å². The van der Waals surface area contributed by atoms with Crippen LogP contribution in [0.4, 0.5) is 0 Å². The third-order valence-electron chi connectivity index (χ3n) is 18.9. The zero-order chi connectivity index (χ0) is 59.7. The Morgan fingerprint density at radius 1 is 0.278 bits per heavy atom. The van der Waals surface area contributed by atoms with E-state index in [9.17, 15) is 0 Å². The number of hydrogen-bond donors (Lipinski definition) is 0. The quantitative estimate of drug-likeness (QED) is 0.143. The molecule has 4 heterocycles. The fourth-order valence-electron chi connectivity index (χ4n) is 14.9. The van der Waals surface area contributed by atoms with Crippen LogP contribution in [0.15, 0.2) is 291 Å². The molecule has 18 rings (SSSR count). The molecule has 422 valence electrons. The first-order valence-corrected chi connectivity index (χ1v) is 30.7. The number of aromatic nitrogens is 8. The van der Waals surface area contributed by atoms with E-state index in [2.05, 4.69) is 260 Å². The average Bonchev–Trinajstić information content (AvgIpc) is 1.53. The zero-order valence-electron chi connectivity index (χ0n) is 49.3. The largest absolute Gasteiger partial charge is 0.278 e. The van der Waals surface area contributed by atoms with Gasteiger partial charge in [0.1, 0.15) is 0 Å². The lowest BCUT2D eigenvalue weighted by Crippen LogP contribution is -2.28. The molecule has 0 radical (unpaired) electrons. The molecule has 0 amide bonds. The van der Waals surface area contributed by atoms with Crippen LogP contribution in [0.2, 0.25) is 0 Å². The molecule has 0 bridgehead atoms. The van der Waals surface area contributed by atoms with Crippen molar-refractivity contribution in [2.24, 2.45) is 0 Å². The third-order valence-corrected chi connectivity index (χ3v) is 18.9. The van der Waals surface area contributed by atoms with Crippen molar-refractivity contribution >= 4 is 43.6 Å². The van der Waals surface area contributed by atoms with E-state index in [-0.39, 0.29) is 5.41 Å². The highest BCUT2D eigenvalue weighted by molar-refractivity contribution is 6.18. The fraction of sp³-hybridized carbons (Fsp3) is 0.0488. The van der Waals surface area contributed by atoms with Gasteiger partial charge in [0.25, 0.3) is 0 Å². The van der Waals surface area contributed by atoms with Crippen molar-refractivity contribution in [3.8, 4) is 90.8 Å². The molecule has 8 nitrogen and oxygen atoms in total. The molecule has 0 aliphatic heterocycles. The molecule has 0 fully saturated rings. The van der Waals surface area contributed by atoms with Gasteiger partial charge in [0, 0.05) is 54.8 Å². The molecule has 90 heavy (non-hydrogen) atoms. The first-order valence-electron chi connectivity index (χ1n) is 30.7. The van der Waals surface area contributed by atoms with Gasteiger partial charge in [-0.1, -0.05) is 281 Å². The zero-order valence-corrected chi connectivity index (χ0v) is 49.3. The van der Waals surface area contributed by atoms with Crippen LogP contribution < -0.4 is 0 Å². The lowest BCUT2D eigenvalue weighted by molar-refractivity contribution is 0.661. The van der Waals surface area contributed by atoms with Crippen molar-refractivity contribution in [1.29, 1.82) is 0 Å². The second kappa shape index (κ2) is 19.9. The van der Waals surface area contributed by atoms with Crippen molar-refractivity contribution in [1.82, 2.24) is 39.0 Å². The highest BCUT2D eigenvalue weighted by atomic mass is 15.2. The molecule has 2 aliphatic carbocycles. The van der Waals surface area contributed by atoms with Crippen LogP contribution in [0.1, 0.15) is 47.2 Å². The highest BCUT2D eigenvalue weighted by Gasteiger charge is 2.47. The molecule has 4 aromatic heterocycles. The predicted octanol–water partition coefficient (Wildman–Crippen LogP) is 19.3. The SMILES string of the molecule is CC1(C)c2ccccc2-c2cc3c4c(-c5ccc(-c6nc(-c7ccccc7)nc(-n7c8ccccc8c8ccc9c(c87)-c7ccccc7C9(c7ccccc7)c7ccccc7)n6)cc5)cccc4n(-c4nc(-c5ccccc5)nc(-c5ccccc5)n4)c3cc21. The molecule has 16 aromatic rings. The molecular weight excluding hydrogens is 1100 g/mol. The van der Waals surface area contributed by atoms with Crippen LogP contribution in [-0.2, 0) is 10.8 Å². The lowest BCUT2D eigenvalue weighted by Gasteiger charge is -2.33. The van der Waals surface area contributed by atoms with E-state index < -0.39 is 5.41 Å². The van der Waals surface area contributed by atoms with E-state index >= 15 is 0 Å². The number of para-hydroxylation sites is 1. The average molecular weight is 1150 g/mol.